The second kappa shape index (κ2) is 6.51. The molecule has 0 amide bonds. The average Bonchev–Trinajstić information content (AvgIpc) is 3.02. The van der Waals surface area contributed by atoms with Gasteiger partial charge in [-0.05, 0) is 32.9 Å². The van der Waals surface area contributed by atoms with Crippen molar-refractivity contribution >= 4 is 5.82 Å². The molecule has 0 spiro atoms. The van der Waals surface area contributed by atoms with Gasteiger partial charge in [0.25, 0.3) is 0 Å². The summed E-state index contributed by atoms with van der Waals surface area (Å²) in [4.78, 5) is 13.1. The van der Waals surface area contributed by atoms with E-state index < -0.39 is 0 Å². The minimum Gasteiger partial charge on any atom is -0.363 e. The fourth-order valence-corrected chi connectivity index (χ4v) is 2.28. The van der Waals surface area contributed by atoms with Crippen LogP contribution in [-0.2, 0) is 6.54 Å². The molecule has 3 heterocycles. The van der Waals surface area contributed by atoms with Crippen LogP contribution in [0.25, 0.3) is 11.4 Å². The topological polar surface area (TPSA) is 81.4 Å². The first-order chi connectivity index (χ1) is 11.1. The molecule has 0 radical (unpaired) electrons. The van der Waals surface area contributed by atoms with E-state index in [2.05, 4.69) is 44.3 Å². The summed E-state index contributed by atoms with van der Waals surface area (Å²) < 4.78 is 2.03. The highest BCUT2D eigenvalue weighted by atomic mass is 15.3. The standard InChI is InChI=1S/C16H19N7/c1-11(2)23-10-19-22-15(23)9-18-14-7-12(3)20-16(21-14)13-5-4-6-17-8-13/h4-8,10-11H,9H2,1-3H3,(H,18,20,21). The van der Waals surface area contributed by atoms with Gasteiger partial charge in [0.2, 0.25) is 0 Å². The predicted octanol–water partition coefficient (Wildman–Crippen LogP) is 2.63. The number of aryl methyl sites for hydroxylation is 1. The Morgan fingerprint density at radius 2 is 2.13 bits per heavy atom. The van der Waals surface area contributed by atoms with Crippen LogP contribution in [-0.4, -0.2) is 29.7 Å². The lowest BCUT2D eigenvalue weighted by molar-refractivity contribution is 0.572. The molecule has 3 aromatic heterocycles. The largest absolute Gasteiger partial charge is 0.363 e. The Hall–Kier alpha value is -2.83. The fourth-order valence-electron chi connectivity index (χ4n) is 2.28. The summed E-state index contributed by atoms with van der Waals surface area (Å²) in [7, 11) is 0. The molecule has 118 valence electrons. The molecule has 7 heteroatoms. The third-order valence-corrected chi connectivity index (χ3v) is 3.41. The maximum absolute atomic E-state index is 4.56. The molecule has 23 heavy (non-hydrogen) atoms. The summed E-state index contributed by atoms with van der Waals surface area (Å²) in [6, 6.07) is 6.05. The van der Waals surface area contributed by atoms with E-state index in [0.29, 0.717) is 18.4 Å². The van der Waals surface area contributed by atoms with Crippen LogP contribution in [0.5, 0.6) is 0 Å². The lowest BCUT2D eigenvalue weighted by Crippen LogP contribution is -2.11. The molecule has 1 N–H and O–H groups in total. The van der Waals surface area contributed by atoms with Crippen LogP contribution in [0.15, 0.2) is 36.9 Å². The van der Waals surface area contributed by atoms with Gasteiger partial charge >= 0.3 is 0 Å². The Balaban J connectivity index is 1.81. The molecular formula is C16H19N7. The maximum Gasteiger partial charge on any atom is 0.163 e. The summed E-state index contributed by atoms with van der Waals surface area (Å²) in [5.74, 6) is 2.29. The molecule has 0 bridgehead atoms. The second-order valence-corrected chi connectivity index (χ2v) is 5.56. The Labute approximate surface area is 134 Å². The quantitative estimate of drug-likeness (QED) is 0.780. The van der Waals surface area contributed by atoms with E-state index in [1.165, 1.54) is 0 Å². The molecule has 0 aliphatic carbocycles. The first-order valence-corrected chi connectivity index (χ1v) is 7.52. The monoisotopic (exact) mass is 309 g/mol. The molecule has 7 nitrogen and oxygen atoms in total. The van der Waals surface area contributed by atoms with Gasteiger partial charge in [-0.2, -0.15) is 0 Å². The fraction of sp³-hybridized carbons (Fsp3) is 0.312. The second-order valence-electron chi connectivity index (χ2n) is 5.56. The SMILES string of the molecule is Cc1cc(NCc2nncn2C(C)C)nc(-c2cccnc2)n1. The summed E-state index contributed by atoms with van der Waals surface area (Å²) in [6.07, 6.45) is 5.24. The zero-order valence-corrected chi connectivity index (χ0v) is 13.4. The average molecular weight is 309 g/mol. The molecule has 3 aromatic rings. The van der Waals surface area contributed by atoms with Crippen LogP contribution in [0, 0.1) is 6.92 Å². The third-order valence-electron chi connectivity index (χ3n) is 3.41. The molecule has 0 aliphatic heterocycles. The first kappa shape index (κ1) is 15.1. The van der Waals surface area contributed by atoms with E-state index >= 15 is 0 Å². The van der Waals surface area contributed by atoms with Crippen molar-refractivity contribution < 1.29 is 0 Å². The van der Waals surface area contributed by atoms with Crippen LogP contribution in [0.2, 0.25) is 0 Å². The number of pyridine rings is 1. The van der Waals surface area contributed by atoms with Gasteiger partial charge in [-0.1, -0.05) is 0 Å². The predicted molar refractivity (Wildman–Crippen MR) is 87.7 cm³/mol. The highest BCUT2D eigenvalue weighted by Gasteiger charge is 2.09. The summed E-state index contributed by atoms with van der Waals surface area (Å²) in [5.41, 5.74) is 1.79. The van der Waals surface area contributed by atoms with E-state index in [0.717, 1.165) is 22.9 Å². The molecule has 0 aliphatic rings. The smallest absolute Gasteiger partial charge is 0.163 e. The Kier molecular flexibility index (Phi) is 4.27. The van der Waals surface area contributed by atoms with Crippen LogP contribution in [0.1, 0.15) is 31.4 Å². The van der Waals surface area contributed by atoms with Gasteiger partial charge in [-0.15, -0.1) is 10.2 Å². The molecule has 0 saturated carbocycles. The van der Waals surface area contributed by atoms with Gasteiger partial charge in [0.1, 0.15) is 12.1 Å². The number of rotatable bonds is 5. The molecule has 0 aromatic carbocycles. The summed E-state index contributed by atoms with van der Waals surface area (Å²) in [5, 5.41) is 11.4. The van der Waals surface area contributed by atoms with Gasteiger partial charge < -0.3 is 9.88 Å². The van der Waals surface area contributed by atoms with Crippen LogP contribution in [0.4, 0.5) is 5.82 Å². The maximum atomic E-state index is 4.56. The van der Waals surface area contributed by atoms with Crippen molar-refractivity contribution in [1.29, 1.82) is 0 Å². The Bertz CT molecular complexity index is 780. The Morgan fingerprint density at radius 3 is 2.87 bits per heavy atom. The number of hydrogen-bond acceptors (Lipinski definition) is 6. The summed E-state index contributed by atoms with van der Waals surface area (Å²) in [6.45, 7) is 6.70. The highest BCUT2D eigenvalue weighted by Crippen LogP contribution is 2.17. The highest BCUT2D eigenvalue weighted by molar-refractivity contribution is 5.56. The van der Waals surface area contributed by atoms with Crippen molar-refractivity contribution in [3.8, 4) is 11.4 Å². The molecule has 3 rings (SSSR count). The Morgan fingerprint density at radius 1 is 1.26 bits per heavy atom. The normalized spacial score (nSPS) is 11.0. The molecule has 0 fully saturated rings. The van der Waals surface area contributed by atoms with Crippen molar-refractivity contribution in [3.63, 3.8) is 0 Å². The van der Waals surface area contributed by atoms with Crippen LogP contribution < -0.4 is 5.32 Å². The lowest BCUT2D eigenvalue weighted by atomic mass is 10.2. The van der Waals surface area contributed by atoms with Crippen molar-refractivity contribution in [2.45, 2.75) is 33.4 Å². The van der Waals surface area contributed by atoms with Crippen LogP contribution in [0.3, 0.4) is 0 Å². The van der Waals surface area contributed by atoms with E-state index in [-0.39, 0.29) is 0 Å². The zero-order valence-electron chi connectivity index (χ0n) is 13.4. The number of hydrogen-bond donors (Lipinski definition) is 1. The van der Waals surface area contributed by atoms with Gasteiger partial charge in [-0.25, -0.2) is 9.97 Å². The molecule has 0 unspecified atom stereocenters. The van der Waals surface area contributed by atoms with E-state index in [9.17, 15) is 0 Å². The van der Waals surface area contributed by atoms with Crippen molar-refractivity contribution in [3.05, 3.63) is 48.4 Å². The van der Waals surface area contributed by atoms with E-state index in [1.807, 2.05) is 29.7 Å². The van der Waals surface area contributed by atoms with Gasteiger partial charge in [-0.3, -0.25) is 4.98 Å². The minimum absolute atomic E-state index is 0.319. The number of nitrogens with zero attached hydrogens (tertiary/aromatic N) is 6. The summed E-state index contributed by atoms with van der Waals surface area (Å²) >= 11 is 0. The number of aromatic nitrogens is 6. The van der Waals surface area contributed by atoms with Gasteiger partial charge in [0.05, 0.1) is 6.54 Å². The van der Waals surface area contributed by atoms with Crippen molar-refractivity contribution in [1.82, 2.24) is 29.7 Å². The third kappa shape index (κ3) is 3.50. The number of anilines is 1. The first-order valence-electron chi connectivity index (χ1n) is 7.52. The van der Waals surface area contributed by atoms with Crippen LogP contribution >= 0.6 is 0 Å². The minimum atomic E-state index is 0.319. The van der Waals surface area contributed by atoms with E-state index in [4.69, 9.17) is 0 Å². The van der Waals surface area contributed by atoms with Gasteiger partial charge in [0, 0.05) is 35.8 Å². The van der Waals surface area contributed by atoms with Crippen molar-refractivity contribution in [2.75, 3.05) is 5.32 Å². The van der Waals surface area contributed by atoms with E-state index in [1.54, 1.807) is 18.7 Å². The molecular weight excluding hydrogens is 290 g/mol. The van der Waals surface area contributed by atoms with Crippen molar-refractivity contribution in [2.24, 2.45) is 0 Å². The van der Waals surface area contributed by atoms with Gasteiger partial charge in [0.15, 0.2) is 11.6 Å². The zero-order chi connectivity index (χ0) is 16.2. The lowest BCUT2D eigenvalue weighted by Gasteiger charge is -2.11. The molecule has 0 atom stereocenters. The molecule has 0 saturated heterocycles. The number of nitrogens with one attached hydrogen (secondary N) is 1.